The lowest BCUT2D eigenvalue weighted by Gasteiger charge is -2.34. The number of carbonyl (C=O) groups excluding carboxylic acids is 1. The van der Waals surface area contributed by atoms with Crippen LogP contribution in [0.25, 0.3) is 0 Å². The van der Waals surface area contributed by atoms with E-state index in [9.17, 15) is 13.2 Å². The summed E-state index contributed by atoms with van der Waals surface area (Å²) in [6, 6.07) is 12.0. The molecule has 10 heteroatoms. The van der Waals surface area contributed by atoms with E-state index >= 15 is 0 Å². The van der Waals surface area contributed by atoms with Crippen LogP contribution in [0.4, 0.5) is 10.5 Å². The molecule has 0 unspecified atom stereocenters. The number of nitrogens with zero attached hydrogens (tertiary/aromatic N) is 2. The predicted octanol–water partition coefficient (Wildman–Crippen LogP) is 2.49. The van der Waals surface area contributed by atoms with Crippen molar-refractivity contribution in [3.05, 3.63) is 48.0 Å². The normalized spacial score (nSPS) is 16.8. The van der Waals surface area contributed by atoms with Crippen molar-refractivity contribution in [3.8, 4) is 11.5 Å². The van der Waals surface area contributed by atoms with E-state index < -0.39 is 16.1 Å². The smallest absolute Gasteiger partial charge is 0.411 e. The summed E-state index contributed by atoms with van der Waals surface area (Å²) in [4.78, 5) is 13.9. The molecule has 166 valence electrons. The topological polar surface area (TPSA) is 97.4 Å². The minimum atomic E-state index is -3.60. The highest BCUT2D eigenvalue weighted by atomic mass is 32.2. The Bertz CT molecular complexity index is 1030. The summed E-state index contributed by atoms with van der Waals surface area (Å²) in [5.74, 6) is 1.50. The first-order valence-corrected chi connectivity index (χ1v) is 11.5. The van der Waals surface area contributed by atoms with Gasteiger partial charge in [0.2, 0.25) is 16.8 Å². The van der Waals surface area contributed by atoms with E-state index in [2.05, 4.69) is 10.2 Å². The second-order valence-electron chi connectivity index (χ2n) is 7.24. The van der Waals surface area contributed by atoms with E-state index in [1.807, 2.05) is 18.2 Å². The average molecular weight is 448 g/mol. The van der Waals surface area contributed by atoms with Crippen molar-refractivity contribution < 1.29 is 27.4 Å². The molecule has 4 rings (SSSR count). The van der Waals surface area contributed by atoms with Crippen LogP contribution in [0.3, 0.4) is 0 Å². The monoisotopic (exact) mass is 447 g/mol. The molecule has 0 spiro atoms. The predicted molar refractivity (Wildman–Crippen MR) is 114 cm³/mol. The van der Waals surface area contributed by atoms with Gasteiger partial charge in [0.1, 0.15) is 0 Å². The van der Waals surface area contributed by atoms with Crippen LogP contribution in [-0.4, -0.2) is 63.3 Å². The minimum absolute atomic E-state index is 0.200. The van der Waals surface area contributed by atoms with E-state index in [-0.39, 0.29) is 18.3 Å². The molecular formula is C21H25N3O6S. The number of carbonyl (C=O) groups is 1. The van der Waals surface area contributed by atoms with Crippen molar-refractivity contribution in [3.63, 3.8) is 0 Å². The van der Waals surface area contributed by atoms with Crippen LogP contribution in [0.2, 0.25) is 0 Å². The van der Waals surface area contributed by atoms with Gasteiger partial charge in [0.15, 0.2) is 11.5 Å². The number of nitrogens with one attached hydrogen (secondary N) is 1. The quantitative estimate of drug-likeness (QED) is 0.727. The molecule has 2 aromatic rings. The molecule has 1 fully saturated rings. The van der Waals surface area contributed by atoms with Gasteiger partial charge in [-0.2, -0.15) is 4.31 Å². The standard InChI is InChI=1S/C21H25N3O6S/c1-2-28-21(25)22-17-4-6-18(7-5-17)31(26,27)24-11-9-23(10-12-24)14-16-3-8-19-20(13-16)30-15-29-19/h3-8,13H,2,9-12,14-15H2,1H3,(H,22,25). The zero-order valence-corrected chi connectivity index (χ0v) is 18.1. The first kappa shape index (κ1) is 21.4. The number of fused-ring (bicyclic) bond motifs is 1. The highest BCUT2D eigenvalue weighted by Crippen LogP contribution is 2.33. The molecule has 1 N–H and O–H groups in total. The lowest BCUT2D eigenvalue weighted by molar-refractivity contribution is 0.168. The molecule has 0 bridgehead atoms. The minimum Gasteiger partial charge on any atom is -0.454 e. The van der Waals surface area contributed by atoms with E-state index in [1.165, 1.54) is 16.4 Å². The number of rotatable bonds is 6. The zero-order chi connectivity index (χ0) is 21.8. The Morgan fingerprint density at radius 3 is 2.45 bits per heavy atom. The van der Waals surface area contributed by atoms with Crippen LogP contribution in [-0.2, 0) is 21.3 Å². The summed E-state index contributed by atoms with van der Waals surface area (Å²) >= 11 is 0. The summed E-state index contributed by atoms with van der Waals surface area (Å²) in [5.41, 5.74) is 1.58. The van der Waals surface area contributed by atoms with Gasteiger partial charge in [-0.3, -0.25) is 10.2 Å². The molecule has 2 heterocycles. The first-order chi connectivity index (χ1) is 15.0. The van der Waals surface area contributed by atoms with Crippen LogP contribution in [0.5, 0.6) is 11.5 Å². The van der Waals surface area contributed by atoms with Gasteiger partial charge >= 0.3 is 6.09 Å². The lowest BCUT2D eigenvalue weighted by Crippen LogP contribution is -2.48. The Labute approximate surface area is 181 Å². The molecule has 0 aromatic heterocycles. The molecule has 0 aliphatic carbocycles. The van der Waals surface area contributed by atoms with Gasteiger partial charge < -0.3 is 14.2 Å². The number of anilines is 1. The number of hydrogen-bond acceptors (Lipinski definition) is 7. The molecule has 31 heavy (non-hydrogen) atoms. The van der Waals surface area contributed by atoms with Gasteiger partial charge in [-0.1, -0.05) is 6.07 Å². The maximum absolute atomic E-state index is 13.0. The third kappa shape index (κ3) is 4.92. The average Bonchev–Trinajstić information content (AvgIpc) is 3.23. The van der Waals surface area contributed by atoms with E-state index in [1.54, 1.807) is 19.1 Å². The van der Waals surface area contributed by atoms with E-state index in [0.29, 0.717) is 31.9 Å². The number of piperazine rings is 1. The summed E-state index contributed by atoms with van der Waals surface area (Å²) in [7, 11) is -3.60. The molecule has 2 aliphatic rings. The van der Waals surface area contributed by atoms with Gasteiger partial charge in [-0.25, -0.2) is 13.2 Å². The van der Waals surface area contributed by atoms with Crippen molar-refractivity contribution in [2.45, 2.75) is 18.4 Å². The second kappa shape index (κ2) is 9.13. The summed E-state index contributed by atoms with van der Waals surface area (Å²) < 4.78 is 43.0. The van der Waals surface area contributed by atoms with Crippen LogP contribution in [0.1, 0.15) is 12.5 Å². The molecule has 9 nitrogen and oxygen atoms in total. The molecule has 1 amide bonds. The fourth-order valence-corrected chi connectivity index (χ4v) is 4.99. The van der Waals surface area contributed by atoms with Crippen molar-refractivity contribution >= 4 is 21.8 Å². The number of amides is 1. The Morgan fingerprint density at radius 1 is 1.03 bits per heavy atom. The van der Waals surface area contributed by atoms with Crippen molar-refractivity contribution in [1.82, 2.24) is 9.21 Å². The molecular weight excluding hydrogens is 422 g/mol. The zero-order valence-electron chi connectivity index (χ0n) is 17.2. The van der Waals surface area contributed by atoms with Crippen molar-refractivity contribution in [1.29, 1.82) is 0 Å². The fraction of sp³-hybridized carbons (Fsp3) is 0.381. The number of ether oxygens (including phenoxy) is 3. The van der Waals surface area contributed by atoms with Crippen LogP contribution < -0.4 is 14.8 Å². The molecule has 0 radical (unpaired) electrons. The van der Waals surface area contributed by atoms with Gasteiger partial charge in [0.05, 0.1) is 11.5 Å². The number of sulfonamides is 1. The maximum Gasteiger partial charge on any atom is 0.411 e. The van der Waals surface area contributed by atoms with Crippen LogP contribution in [0.15, 0.2) is 47.4 Å². The second-order valence-corrected chi connectivity index (χ2v) is 9.18. The van der Waals surface area contributed by atoms with Crippen molar-refractivity contribution in [2.24, 2.45) is 0 Å². The third-order valence-corrected chi connectivity index (χ3v) is 7.10. The highest BCUT2D eigenvalue weighted by Gasteiger charge is 2.28. The van der Waals surface area contributed by atoms with Gasteiger partial charge in [-0.05, 0) is 48.9 Å². The number of benzene rings is 2. The highest BCUT2D eigenvalue weighted by molar-refractivity contribution is 7.89. The lowest BCUT2D eigenvalue weighted by atomic mass is 10.2. The summed E-state index contributed by atoms with van der Waals surface area (Å²) in [6.07, 6.45) is -0.573. The molecule has 2 aliphatic heterocycles. The Morgan fingerprint density at radius 2 is 1.74 bits per heavy atom. The first-order valence-electron chi connectivity index (χ1n) is 10.1. The summed E-state index contributed by atoms with van der Waals surface area (Å²) in [6.45, 7) is 5.04. The third-order valence-electron chi connectivity index (χ3n) is 5.19. The van der Waals surface area contributed by atoms with E-state index in [4.69, 9.17) is 14.2 Å². The Hall–Kier alpha value is -2.82. The maximum atomic E-state index is 13.0. The molecule has 1 saturated heterocycles. The Balaban J connectivity index is 1.33. The van der Waals surface area contributed by atoms with Crippen LogP contribution >= 0.6 is 0 Å². The van der Waals surface area contributed by atoms with Gasteiger partial charge in [-0.15, -0.1) is 0 Å². The SMILES string of the molecule is CCOC(=O)Nc1ccc(S(=O)(=O)N2CCN(Cc3ccc4c(c3)OCO4)CC2)cc1. The van der Waals surface area contributed by atoms with E-state index in [0.717, 1.165) is 23.6 Å². The fourth-order valence-electron chi connectivity index (χ4n) is 3.57. The summed E-state index contributed by atoms with van der Waals surface area (Å²) in [5, 5.41) is 2.55. The molecule has 0 atom stereocenters. The van der Waals surface area contributed by atoms with Crippen molar-refractivity contribution in [2.75, 3.05) is 44.9 Å². The molecule has 2 aromatic carbocycles. The van der Waals surface area contributed by atoms with Gasteiger partial charge in [0.25, 0.3) is 0 Å². The Kier molecular flexibility index (Phi) is 6.30. The van der Waals surface area contributed by atoms with Crippen LogP contribution in [0, 0.1) is 0 Å². The number of hydrogen-bond donors (Lipinski definition) is 1. The van der Waals surface area contributed by atoms with Gasteiger partial charge in [0, 0.05) is 38.4 Å². The largest absolute Gasteiger partial charge is 0.454 e. The molecule has 0 saturated carbocycles.